The molecule has 0 bridgehead atoms. The van der Waals surface area contributed by atoms with E-state index in [1.54, 1.807) is 0 Å². The predicted octanol–water partition coefficient (Wildman–Crippen LogP) is 1.88. The Morgan fingerprint density at radius 2 is 1.85 bits per heavy atom. The number of hydrogen-bond donors (Lipinski definition) is 0. The molecule has 0 radical (unpaired) electrons. The third-order valence-electron chi connectivity index (χ3n) is 1.19. The number of rotatable bonds is 5. The maximum Gasteiger partial charge on any atom is 0.366 e. The number of ether oxygens (including phenoxy) is 1. The second-order valence-corrected chi connectivity index (χ2v) is 2.71. The summed E-state index contributed by atoms with van der Waals surface area (Å²) in [4.78, 5) is 10.5. The van der Waals surface area contributed by atoms with E-state index in [1.807, 2.05) is 0 Å². The van der Waals surface area contributed by atoms with Gasteiger partial charge < -0.3 is 4.74 Å². The summed E-state index contributed by atoms with van der Waals surface area (Å²) in [5.41, 5.74) is 0. The smallest absolute Gasteiger partial charge is 0.366 e. The van der Waals surface area contributed by atoms with Gasteiger partial charge in [-0.1, -0.05) is 0 Å². The summed E-state index contributed by atoms with van der Waals surface area (Å²) < 4.78 is 52.0. The second-order valence-electron chi connectivity index (χ2n) is 2.71. The van der Waals surface area contributed by atoms with Crippen LogP contribution >= 0.6 is 0 Å². The van der Waals surface area contributed by atoms with Crippen molar-refractivity contribution in [3.8, 4) is 0 Å². The van der Waals surface area contributed by atoms with E-state index in [0.29, 0.717) is 0 Å². The van der Waals surface area contributed by atoms with Gasteiger partial charge in [-0.05, 0) is 13.8 Å². The van der Waals surface area contributed by atoms with Crippen molar-refractivity contribution >= 4 is 5.78 Å². The summed E-state index contributed by atoms with van der Waals surface area (Å²) in [6.07, 6.45) is -4.42. The van der Waals surface area contributed by atoms with Gasteiger partial charge in [0, 0.05) is 0 Å². The molecule has 0 heterocycles. The molecular weight excluding hydrogens is 192 g/mol. The lowest BCUT2D eigenvalue weighted by Gasteiger charge is -2.14. The second kappa shape index (κ2) is 4.55. The van der Waals surface area contributed by atoms with Crippen molar-refractivity contribution in [2.24, 2.45) is 0 Å². The summed E-state index contributed by atoms with van der Waals surface area (Å²) in [6.45, 7) is 2.02. The fraction of sp³-hybridized carbons (Fsp3) is 0.857. The largest absolute Gasteiger partial charge is 0.371 e. The van der Waals surface area contributed by atoms with Gasteiger partial charge in [-0.2, -0.15) is 8.78 Å². The Balaban J connectivity index is 4.10. The summed E-state index contributed by atoms with van der Waals surface area (Å²) in [6, 6.07) is 0. The molecule has 0 spiro atoms. The lowest BCUT2D eigenvalue weighted by molar-refractivity contribution is -0.172. The molecule has 6 heteroatoms. The minimum atomic E-state index is -4.60. The number of carbonyl (C=O) groups is 1. The molecule has 0 aromatic rings. The molecule has 0 aliphatic carbocycles. The zero-order valence-corrected chi connectivity index (χ0v) is 7.19. The van der Waals surface area contributed by atoms with E-state index in [9.17, 15) is 22.4 Å². The molecule has 0 unspecified atom stereocenters. The Labute approximate surface area is 72.9 Å². The van der Waals surface area contributed by atoms with Crippen LogP contribution in [0, 0.1) is 0 Å². The summed E-state index contributed by atoms with van der Waals surface area (Å²) in [7, 11) is 0. The van der Waals surface area contributed by atoms with Gasteiger partial charge in [0.2, 0.25) is 5.78 Å². The highest BCUT2D eigenvalue weighted by Gasteiger charge is 2.48. The van der Waals surface area contributed by atoms with Crippen LogP contribution in [0.25, 0.3) is 0 Å². The van der Waals surface area contributed by atoms with Gasteiger partial charge in [-0.25, -0.2) is 8.78 Å². The van der Waals surface area contributed by atoms with Crippen LogP contribution in [-0.4, -0.2) is 30.8 Å². The molecule has 0 N–H and O–H groups in total. The molecule has 0 saturated carbocycles. The Kier molecular flexibility index (Phi) is 4.32. The molecule has 13 heavy (non-hydrogen) atoms. The molecule has 0 aromatic carbocycles. The molecule has 0 atom stereocenters. The SMILES string of the molecule is CC(C)OCC(=O)C(F)(F)C(F)F. The lowest BCUT2D eigenvalue weighted by Crippen LogP contribution is -2.39. The quantitative estimate of drug-likeness (QED) is 0.636. The predicted molar refractivity (Wildman–Crippen MR) is 37.0 cm³/mol. The highest BCUT2D eigenvalue weighted by molar-refractivity contribution is 5.87. The Morgan fingerprint density at radius 3 is 2.15 bits per heavy atom. The van der Waals surface area contributed by atoms with Crippen LogP contribution in [-0.2, 0) is 9.53 Å². The third kappa shape index (κ3) is 3.71. The van der Waals surface area contributed by atoms with Crippen LogP contribution < -0.4 is 0 Å². The maximum atomic E-state index is 12.2. The van der Waals surface area contributed by atoms with Crippen LogP contribution in [0.3, 0.4) is 0 Å². The van der Waals surface area contributed by atoms with Crippen molar-refractivity contribution in [3.63, 3.8) is 0 Å². The van der Waals surface area contributed by atoms with E-state index in [1.165, 1.54) is 13.8 Å². The molecule has 0 fully saturated rings. The van der Waals surface area contributed by atoms with Crippen LogP contribution in [0.15, 0.2) is 0 Å². The Morgan fingerprint density at radius 1 is 1.38 bits per heavy atom. The van der Waals surface area contributed by atoms with Crippen LogP contribution in [0.2, 0.25) is 0 Å². The van der Waals surface area contributed by atoms with Gasteiger partial charge in [0.25, 0.3) is 0 Å². The first kappa shape index (κ1) is 12.3. The molecule has 0 aliphatic heterocycles. The molecule has 0 rings (SSSR count). The first-order valence-electron chi connectivity index (χ1n) is 3.59. The van der Waals surface area contributed by atoms with Crippen LogP contribution in [0.4, 0.5) is 17.6 Å². The summed E-state index contributed by atoms with van der Waals surface area (Å²) in [5, 5.41) is 0. The van der Waals surface area contributed by atoms with E-state index in [4.69, 9.17) is 0 Å². The van der Waals surface area contributed by atoms with Crippen molar-refractivity contribution in [1.29, 1.82) is 0 Å². The van der Waals surface area contributed by atoms with Gasteiger partial charge in [-0.3, -0.25) is 4.79 Å². The topological polar surface area (TPSA) is 26.3 Å². The fourth-order valence-corrected chi connectivity index (χ4v) is 0.460. The number of carbonyl (C=O) groups excluding carboxylic acids is 1. The molecular formula is C7H10F4O2. The Hall–Kier alpha value is -0.650. The van der Waals surface area contributed by atoms with Gasteiger partial charge in [0.05, 0.1) is 6.10 Å². The zero-order chi connectivity index (χ0) is 10.6. The number of halogens is 4. The zero-order valence-electron chi connectivity index (χ0n) is 7.19. The van der Waals surface area contributed by atoms with Crippen molar-refractivity contribution in [1.82, 2.24) is 0 Å². The fourth-order valence-electron chi connectivity index (χ4n) is 0.460. The third-order valence-corrected chi connectivity index (χ3v) is 1.19. The van der Waals surface area contributed by atoms with Crippen molar-refractivity contribution < 1.29 is 27.1 Å². The van der Waals surface area contributed by atoms with Gasteiger partial charge >= 0.3 is 12.3 Å². The lowest BCUT2D eigenvalue weighted by atomic mass is 10.2. The molecule has 2 nitrogen and oxygen atoms in total. The first-order chi connectivity index (χ1) is 5.78. The minimum absolute atomic E-state index is 0.447. The number of hydrogen-bond acceptors (Lipinski definition) is 2. The van der Waals surface area contributed by atoms with Crippen molar-refractivity contribution in [2.75, 3.05) is 6.61 Å². The van der Waals surface area contributed by atoms with Crippen molar-refractivity contribution in [2.45, 2.75) is 32.3 Å². The van der Waals surface area contributed by atoms with E-state index >= 15 is 0 Å². The standard InChI is InChI=1S/C7H10F4O2/c1-4(2)13-3-5(12)7(10,11)6(8)9/h4,6H,3H2,1-2H3. The molecule has 0 amide bonds. The molecule has 0 aromatic heterocycles. The number of ketones is 1. The first-order valence-corrected chi connectivity index (χ1v) is 3.59. The monoisotopic (exact) mass is 202 g/mol. The average Bonchev–Trinajstić information content (AvgIpc) is 1.99. The van der Waals surface area contributed by atoms with Crippen molar-refractivity contribution in [3.05, 3.63) is 0 Å². The van der Waals surface area contributed by atoms with Gasteiger partial charge in [0.1, 0.15) is 6.61 Å². The van der Waals surface area contributed by atoms with E-state index < -0.39 is 30.8 Å². The van der Waals surface area contributed by atoms with Gasteiger partial charge in [0.15, 0.2) is 0 Å². The summed E-state index contributed by atoms with van der Waals surface area (Å²) >= 11 is 0. The number of Topliss-reactive ketones (excluding diaryl/α,β-unsaturated/α-hetero) is 1. The molecule has 78 valence electrons. The van der Waals surface area contributed by atoms with E-state index in [-0.39, 0.29) is 0 Å². The van der Waals surface area contributed by atoms with Crippen LogP contribution in [0.5, 0.6) is 0 Å². The van der Waals surface area contributed by atoms with E-state index in [2.05, 4.69) is 4.74 Å². The van der Waals surface area contributed by atoms with E-state index in [0.717, 1.165) is 0 Å². The normalized spacial score (nSPS) is 12.6. The van der Waals surface area contributed by atoms with Crippen LogP contribution in [0.1, 0.15) is 13.8 Å². The van der Waals surface area contributed by atoms with Gasteiger partial charge in [-0.15, -0.1) is 0 Å². The minimum Gasteiger partial charge on any atom is -0.371 e. The molecule has 0 aliphatic rings. The number of alkyl halides is 4. The average molecular weight is 202 g/mol. The highest BCUT2D eigenvalue weighted by Crippen LogP contribution is 2.23. The summed E-state index contributed by atoms with van der Waals surface area (Å²) in [5.74, 6) is -6.49. The highest BCUT2D eigenvalue weighted by atomic mass is 19.3. The Bertz CT molecular complexity index is 179. The molecule has 0 saturated heterocycles. The maximum absolute atomic E-state index is 12.2.